The van der Waals surface area contributed by atoms with Crippen LogP contribution in [-0.2, 0) is 11.3 Å². The number of halogens is 1. The first-order valence-electron chi connectivity index (χ1n) is 9.88. The highest BCUT2D eigenvalue weighted by Crippen LogP contribution is 2.19. The number of hydrogen-bond acceptors (Lipinski definition) is 4. The lowest BCUT2D eigenvalue weighted by Gasteiger charge is -2.33. The minimum absolute atomic E-state index is 0.111. The third-order valence-electron chi connectivity index (χ3n) is 5.54. The number of amides is 1. The molecule has 7 heteroatoms. The van der Waals surface area contributed by atoms with Crippen molar-refractivity contribution >= 4 is 28.6 Å². The van der Waals surface area contributed by atoms with Crippen LogP contribution in [0.15, 0.2) is 57.7 Å². The molecule has 152 valence electrons. The molecule has 1 aliphatic heterocycles. The maximum absolute atomic E-state index is 12.8. The maximum Gasteiger partial charge on any atom is 0.420 e. The Morgan fingerprint density at radius 1 is 1.17 bits per heavy atom. The van der Waals surface area contributed by atoms with Gasteiger partial charge in [-0.3, -0.25) is 14.3 Å². The molecule has 4 rings (SSSR count). The van der Waals surface area contributed by atoms with Crippen molar-refractivity contribution in [1.29, 1.82) is 0 Å². The number of likely N-dealkylation sites (tertiary alicyclic amines) is 1. The molecule has 2 heterocycles. The molecule has 1 aliphatic rings. The zero-order valence-electron chi connectivity index (χ0n) is 16.3. The van der Waals surface area contributed by atoms with E-state index in [2.05, 4.69) is 10.2 Å². The van der Waals surface area contributed by atoms with Crippen LogP contribution < -0.4 is 11.1 Å². The highest BCUT2D eigenvalue weighted by Gasteiger charge is 2.25. The van der Waals surface area contributed by atoms with Crippen molar-refractivity contribution in [2.75, 3.05) is 13.1 Å². The van der Waals surface area contributed by atoms with Gasteiger partial charge in [-0.25, -0.2) is 4.79 Å². The Labute approximate surface area is 174 Å². The number of para-hydroxylation sites is 2. The molecule has 0 unspecified atom stereocenters. The molecule has 1 atom stereocenters. The van der Waals surface area contributed by atoms with Gasteiger partial charge < -0.3 is 9.73 Å². The quantitative estimate of drug-likeness (QED) is 0.694. The molecule has 0 radical (unpaired) electrons. The number of aromatic nitrogens is 1. The van der Waals surface area contributed by atoms with Crippen molar-refractivity contribution in [2.45, 2.75) is 38.4 Å². The summed E-state index contributed by atoms with van der Waals surface area (Å²) in [4.78, 5) is 27.4. The number of piperidine rings is 1. The average Bonchev–Trinajstić information content (AvgIpc) is 3.06. The summed E-state index contributed by atoms with van der Waals surface area (Å²) in [5.41, 5.74) is 2.36. The summed E-state index contributed by atoms with van der Waals surface area (Å²) in [6.45, 7) is 4.44. The predicted octanol–water partition coefficient (Wildman–Crippen LogP) is 3.59. The van der Waals surface area contributed by atoms with Crippen LogP contribution in [0.25, 0.3) is 11.1 Å². The molecule has 6 nitrogen and oxygen atoms in total. The number of carbonyl (C=O) groups excluding carboxylic acids is 1. The number of rotatable bonds is 5. The first-order chi connectivity index (χ1) is 14.0. The van der Waals surface area contributed by atoms with Crippen molar-refractivity contribution in [3.05, 3.63) is 69.7 Å². The molecule has 29 heavy (non-hydrogen) atoms. The summed E-state index contributed by atoms with van der Waals surface area (Å²) in [5.74, 6) is -0.665. The molecule has 0 spiro atoms. The largest absolute Gasteiger partial charge is 0.420 e. The van der Waals surface area contributed by atoms with E-state index in [1.807, 2.05) is 30.3 Å². The standard InChI is InChI=1S/C22H24ClN3O3/c1-15(26-19-4-2-3-5-20(19)29-22(26)28)21(27)24-18-10-12-25(13-11-18)14-16-6-8-17(23)9-7-16/h2-9,15,18H,10-14H2,1H3,(H,24,27)/t15-/m0/s1. The Kier molecular flexibility index (Phi) is 5.74. The smallest absolute Gasteiger partial charge is 0.408 e. The van der Waals surface area contributed by atoms with Crippen LogP contribution in [0.5, 0.6) is 0 Å². The zero-order valence-corrected chi connectivity index (χ0v) is 17.1. The van der Waals surface area contributed by atoms with E-state index in [0.29, 0.717) is 11.1 Å². The zero-order chi connectivity index (χ0) is 20.4. The predicted molar refractivity (Wildman–Crippen MR) is 113 cm³/mol. The molecular formula is C22H24ClN3O3. The van der Waals surface area contributed by atoms with Crippen LogP contribution in [0.1, 0.15) is 31.4 Å². The van der Waals surface area contributed by atoms with E-state index in [0.717, 1.165) is 37.5 Å². The molecule has 1 amide bonds. The third kappa shape index (κ3) is 4.38. The summed E-state index contributed by atoms with van der Waals surface area (Å²) >= 11 is 5.95. The average molecular weight is 414 g/mol. The van der Waals surface area contributed by atoms with E-state index < -0.39 is 11.8 Å². The van der Waals surface area contributed by atoms with Gasteiger partial charge in [-0.2, -0.15) is 0 Å². The summed E-state index contributed by atoms with van der Waals surface area (Å²) in [5, 5.41) is 3.85. The second kappa shape index (κ2) is 8.43. The molecule has 1 aromatic heterocycles. The van der Waals surface area contributed by atoms with Gasteiger partial charge >= 0.3 is 5.76 Å². The van der Waals surface area contributed by atoms with E-state index >= 15 is 0 Å². The molecular weight excluding hydrogens is 390 g/mol. The lowest BCUT2D eigenvalue weighted by Crippen LogP contribution is -2.46. The van der Waals surface area contributed by atoms with Gasteiger partial charge in [0.25, 0.3) is 0 Å². The lowest BCUT2D eigenvalue weighted by molar-refractivity contribution is -0.125. The van der Waals surface area contributed by atoms with E-state index in [-0.39, 0.29) is 11.9 Å². The summed E-state index contributed by atoms with van der Waals surface area (Å²) < 4.78 is 6.67. The van der Waals surface area contributed by atoms with Crippen molar-refractivity contribution < 1.29 is 9.21 Å². The van der Waals surface area contributed by atoms with E-state index in [1.165, 1.54) is 10.1 Å². The van der Waals surface area contributed by atoms with Crippen molar-refractivity contribution in [3.63, 3.8) is 0 Å². The highest BCUT2D eigenvalue weighted by molar-refractivity contribution is 6.30. The molecule has 2 aromatic carbocycles. The Balaban J connectivity index is 1.34. The molecule has 1 saturated heterocycles. The Bertz CT molecular complexity index is 1050. The van der Waals surface area contributed by atoms with Crippen LogP contribution in [-0.4, -0.2) is 34.5 Å². The number of fused-ring (bicyclic) bond motifs is 1. The maximum atomic E-state index is 12.8. The highest BCUT2D eigenvalue weighted by atomic mass is 35.5. The molecule has 0 aliphatic carbocycles. The monoisotopic (exact) mass is 413 g/mol. The number of benzene rings is 2. The van der Waals surface area contributed by atoms with E-state index in [1.54, 1.807) is 25.1 Å². The Morgan fingerprint density at radius 2 is 1.86 bits per heavy atom. The molecule has 0 bridgehead atoms. The van der Waals surface area contributed by atoms with Gasteiger partial charge in [-0.05, 0) is 49.6 Å². The number of nitrogens with zero attached hydrogens (tertiary/aromatic N) is 2. The topological polar surface area (TPSA) is 67.5 Å². The van der Waals surface area contributed by atoms with Gasteiger partial charge in [0.1, 0.15) is 6.04 Å². The molecule has 1 N–H and O–H groups in total. The van der Waals surface area contributed by atoms with Crippen LogP contribution in [0.3, 0.4) is 0 Å². The van der Waals surface area contributed by atoms with Gasteiger partial charge in [0, 0.05) is 30.7 Å². The number of nitrogens with one attached hydrogen (secondary N) is 1. The fourth-order valence-electron chi connectivity index (χ4n) is 3.87. The van der Waals surface area contributed by atoms with Gasteiger partial charge in [-0.1, -0.05) is 35.9 Å². The number of carbonyl (C=O) groups is 1. The second-order valence-electron chi connectivity index (χ2n) is 7.57. The molecule has 1 fully saturated rings. The fraction of sp³-hybridized carbons (Fsp3) is 0.364. The lowest BCUT2D eigenvalue weighted by atomic mass is 10.0. The third-order valence-corrected chi connectivity index (χ3v) is 5.79. The summed E-state index contributed by atoms with van der Waals surface area (Å²) in [6, 6.07) is 14.5. The van der Waals surface area contributed by atoms with Gasteiger partial charge in [-0.15, -0.1) is 0 Å². The van der Waals surface area contributed by atoms with E-state index in [4.69, 9.17) is 16.0 Å². The molecule has 3 aromatic rings. The van der Waals surface area contributed by atoms with Crippen molar-refractivity contribution in [3.8, 4) is 0 Å². The fourth-order valence-corrected chi connectivity index (χ4v) is 4.00. The van der Waals surface area contributed by atoms with Crippen LogP contribution in [0.4, 0.5) is 0 Å². The van der Waals surface area contributed by atoms with Crippen molar-refractivity contribution in [2.24, 2.45) is 0 Å². The second-order valence-corrected chi connectivity index (χ2v) is 8.00. The Hall–Kier alpha value is -2.57. The minimum Gasteiger partial charge on any atom is -0.408 e. The first kappa shape index (κ1) is 19.7. The summed E-state index contributed by atoms with van der Waals surface area (Å²) in [6.07, 6.45) is 1.76. The molecule has 0 saturated carbocycles. The normalized spacial score (nSPS) is 16.8. The Morgan fingerprint density at radius 3 is 2.59 bits per heavy atom. The number of oxazole rings is 1. The summed E-state index contributed by atoms with van der Waals surface area (Å²) in [7, 11) is 0. The van der Waals surface area contributed by atoms with Gasteiger partial charge in [0.15, 0.2) is 5.58 Å². The van der Waals surface area contributed by atoms with Crippen LogP contribution >= 0.6 is 11.6 Å². The van der Waals surface area contributed by atoms with Crippen molar-refractivity contribution in [1.82, 2.24) is 14.8 Å². The van der Waals surface area contributed by atoms with Gasteiger partial charge in [0.05, 0.1) is 5.52 Å². The SMILES string of the molecule is C[C@@H](C(=O)NC1CCN(Cc2ccc(Cl)cc2)CC1)n1c(=O)oc2ccccc21. The van der Waals surface area contributed by atoms with Crippen LogP contribution in [0, 0.1) is 0 Å². The minimum atomic E-state index is -0.627. The first-order valence-corrected chi connectivity index (χ1v) is 10.3. The van der Waals surface area contributed by atoms with Gasteiger partial charge in [0.2, 0.25) is 5.91 Å². The van der Waals surface area contributed by atoms with E-state index in [9.17, 15) is 9.59 Å². The number of hydrogen-bond donors (Lipinski definition) is 1. The van der Waals surface area contributed by atoms with Crippen LogP contribution in [0.2, 0.25) is 5.02 Å².